The number of rotatable bonds is 4. The highest BCUT2D eigenvalue weighted by Crippen LogP contribution is 2.25. The van der Waals surface area contributed by atoms with Gasteiger partial charge in [0.1, 0.15) is 11.4 Å². The molecule has 1 rings (SSSR count). The zero-order valence-electron chi connectivity index (χ0n) is 8.54. The monoisotopic (exact) mass is 217 g/mol. The molecule has 5 heteroatoms. The number of alkyl halides is 2. The van der Waals surface area contributed by atoms with E-state index < -0.39 is 12.2 Å². The van der Waals surface area contributed by atoms with Crippen LogP contribution in [-0.4, -0.2) is 6.61 Å². The first kappa shape index (κ1) is 11.9. The molecule has 1 aromatic carbocycles. The molecule has 0 aromatic heterocycles. The second kappa shape index (κ2) is 4.55. The van der Waals surface area contributed by atoms with Crippen molar-refractivity contribution in [1.82, 2.24) is 0 Å². The molecule has 0 aliphatic rings. The lowest BCUT2D eigenvalue weighted by Gasteiger charge is -2.22. The molecule has 0 saturated carbocycles. The quantitative estimate of drug-likeness (QED) is 0.787. The zero-order valence-corrected chi connectivity index (χ0v) is 8.54. The van der Waals surface area contributed by atoms with E-state index in [1.807, 2.05) is 0 Å². The van der Waals surface area contributed by atoms with Crippen LogP contribution in [0.3, 0.4) is 0 Å². The van der Waals surface area contributed by atoms with E-state index in [4.69, 9.17) is 10.7 Å². The fraction of sp³-hybridized carbons (Fsp3) is 0.400. The predicted molar refractivity (Wildman–Crippen MR) is 51.4 cm³/mol. The largest absolute Gasteiger partial charge is 0.435 e. The maximum atomic E-state index is 11.9. The number of benzene rings is 1. The van der Waals surface area contributed by atoms with E-state index in [0.717, 1.165) is 5.56 Å². The summed E-state index contributed by atoms with van der Waals surface area (Å²) in [6.07, 6.45) is 0. The van der Waals surface area contributed by atoms with Crippen LogP contribution >= 0.6 is 0 Å². The molecule has 0 heterocycles. The van der Waals surface area contributed by atoms with Crippen LogP contribution in [0.1, 0.15) is 19.4 Å². The van der Waals surface area contributed by atoms with Crippen LogP contribution in [-0.2, 0) is 10.4 Å². The molecule has 84 valence electrons. The van der Waals surface area contributed by atoms with Crippen LogP contribution in [0.4, 0.5) is 8.78 Å². The summed E-state index contributed by atoms with van der Waals surface area (Å²) in [7, 11) is 0. The minimum atomic E-state index is -2.81. The van der Waals surface area contributed by atoms with Crippen LogP contribution in [0.2, 0.25) is 0 Å². The normalized spacial score (nSPS) is 11.9. The molecular weight excluding hydrogens is 204 g/mol. The maximum Gasteiger partial charge on any atom is 0.387 e. The van der Waals surface area contributed by atoms with Gasteiger partial charge in [0.15, 0.2) is 0 Å². The highest BCUT2D eigenvalue weighted by atomic mass is 19.3. The van der Waals surface area contributed by atoms with E-state index in [1.54, 1.807) is 26.0 Å². The second-order valence-electron chi connectivity index (χ2n) is 3.53. The molecule has 0 atom stereocenters. The van der Waals surface area contributed by atoms with Gasteiger partial charge in [-0.1, -0.05) is 12.1 Å². The summed E-state index contributed by atoms with van der Waals surface area (Å²) in [5.74, 6) is 5.22. The Balaban J connectivity index is 2.81. The number of nitrogens with two attached hydrogens (primary N) is 1. The summed E-state index contributed by atoms with van der Waals surface area (Å²) < 4.78 is 27.9. The van der Waals surface area contributed by atoms with Crippen molar-refractivity contribution < 1.29 is 18.4 Å². The average Bonchev–Trinajstić information content (AvgIpc) is 2.18. The van der Waals surface area contributed by atoms with Crippen LogP contribution in [0.5, 0.6) is 5.75 Å². The lowest BCUT2D eigenvalue weighted by atomic mass is 9.98. The van der Waals surface area contributed by atoms with Crippen molar-refractivity contribution in [2.24, 2.45) is 5.90 Å². The smallest absolute Gasteiger partial charge is 0.387 e. The van der Waals surface area contributed by atoms with Gasteiger partial charge in [-0.2, -0.15) is 8.78 Å². The molecule has 0 radical (unpaired) electrons. The molecule has 0 unspecified atom stereocenters. The molecule has 0 saturated heterocycles. The van der Waals surface area contributed by atoms with Gasteiger partial charge >= 0.3 is 6.61 Å². The van der Waals surface area contributed by atoms with Crippen molar-refractivity contribution >= 4 is 0 Å². The lowest BCUT2D eigenvalue weighted by Crippen LogP contribution is -2.25. The van der Waals surface area contributed by atoms with E-state index >= 15 is 0 Å². The third-order valence-electron chi connectivity index (χ3n) is 2.07. The topological polar surface area (TPSA) is 44.5 Å². The molecule has 0 aliphatic carbocycles. The SMILES string of the molecule is CC(C)(ON)c1ccc(OC(F)F)cc1. The third kappa shape index (κ3) is 3.14. The molecule has 15 heavy (non-hydrogen) atoms. The Kier molecular flexibility index (Phi) is 3.60. The van der Waals surface area contributed by atoms with Crippen LogP contribution in [0.25, 0.3) is 0 Å². The summed E-state index contributed by atoms with van der Waals surface area (Å²) in [5.41, 5.74) is 0.134. The Bertz CT molecular complexity index is 312. The van der Waals surface area contributed by atoms with E-state index in [9.17, 15) is 8.78 Å². The molecular formula is C10H13F2NO2. The maximum absolute atomic E-state index is 11.9. The molecule has 2 N–H and O–H groups in total. The van der Waals surface area contributed by atoms with Crippen molar-refractivity contribution in [2.45, 2.75) is 26.1 Å². The Hall–Kier alpha value is -1.20. The van der Waals surface area contributed by atoms with E-state index in [-0.39, 0.29) is 5.75 Å². The van der Waals surface area contributed by atoms with Crippen molar-refractivity contribution in [2.75, 3.05) is 0 Å². The van der Waals surface area contributed by atoms with Gasteiger partial charge in [0.25, 0.3) is 0 Å². The van der Waals surface area contributed by atoms with Crippen LogP contribution in [0.15, 0.2) is 24.3 Å². The molecule has 0 spiro atoms. The van der Waals surface area contributed by atoms with Crippen molar-refractivity contribution in [3.05, 3.63) is 29.8 Å². The van der Waals surface area contributed by atoms with Gasteiger partial charge in [-0.15, -0.1) is 0 Å². The summed E-state index contributed by atoms with van der Waals surface area (Å²) >= 11 is 0. The molecule has 0 bridgehead atoms. The fourth-order valence-electron chi connectivity index (χ4n) is 1.11. The van der Waals surface area contributed by atoms with E-state index in [0.29, 0.717) is 0 Å². The van der Waals surface area contributed by atoms with Gasteiger partial charge in [0.05, 0.1) is 0 Å². The van der Waals surface area contributed by atoms with Gasteiger partial charge in [-0.05, 0) is 31.5 Å². The Morgan fingerprint density at radius 2 is 1.73 bits per heavy atom. The summed E-state index contributed by atoms with van der Waals surface area (Å²) in [5, 5.41) is 0. The minimum absolute atomic E-state index is 0.113. The first-order valence-electron chi connectivity index (χ1n) is 4.39. The van der Waals surface area contributed by atoms with Gasteiger partial charge < -0.3 is 4.74 Å². The zero-order chi connectivity index (χ0) is 11.5. The van der Waals surface area contributed by atoms with Gasteiger partial charge in [-0.3, -0.25) is 4.84 Å². The Morgan fingerprint density at radius 3 is 2.13 bits per heavy atom. The predicted octanol–water partition coefficient (Wildman–Crippen LogP) is 2.41. The third-order valence-corrected chi connectivity index (χ3v) is 2.07. The number of halogens is 2. The van der Waals surface area contributed by atoms with Gasteiger partial charge in [0.2, 0.25) is 0 Å². The highest BCUT2D eigenvalue weighted by molar-refractivity contribution is 5.30. The summed E-state index contributed by atoms with van der Waals surface area (Å²) in [6, 6.07) is 6.15. The minimum Gasteiger partial charge on any atom is -0.435 e. The second-order valence-corrected chi connectivity index (χ2v) is 3.53. The molecule has 0 fully saturated rings. The van der Waals surface area contributed by atoms with Crippen LogP contribution < -0.4 is 10.6 Å². The average molecular weight is 217 g/mol. The van der Waals surface area contributed by atoms with Gasteiger partial charge in [0, 0.05) is 0 Å². The van der Waals surface area contributed by atoms with Crippen LogP contribution in [0, 0.1) is 0 Å². The summed E-state index contributed by atoms with van der Waals surface area (Å²) in [6.45, 7) is 0.737. The fourth-order valence-corrected chi connectivity index (χ4v) is 1.11. The Labute approximate surface area is 86.7 Å². The molecule has 3 nitrogen and oxygen atoms in total. The highest BCUT2D eigenvalue weighted by Gasteiger charge is 2.20. The van der Waals surface area contributed by atoms with Crippen molar-refractivity contribution in [3.63, 3.8) is 0 Å². The number of hydrogen-bond acceptors (Lipinski definition) is 3. The molecule has 0 aliphatic heterocycles. The lowest BCUT2D eigenvalue weighted by molar-refractivity contribution is -0.0500. The van der Waals surface area contributed by atoms with Gasteiger partial charge in [-0.25, -0.2) is 5.90 Å². The first-order valence-corrected chi connectivity index (χ1v) is 4.39. The summed E-state index contributed by atoms with van der Waals surface area (Å²) in [4.78, 5) is 4.76. The molecule has 0 amide bonds. The standard InChI is InChI=1S/C10H13F2NO2/c1-10(2,15-13)7-3-5-8(6-4-7)14-9(11)12/h3-6,9H,13H2,1-2H3. The van der Waals surface area contributed by atoms with E-state index in [2.05, 4.69) is 4.74 Å². The number of hydrogen-bond donors (Lipinski definition) is 1. The van der Waals surface area contributed by atoms with Crippen molar-refractivity contribution in [3.8, 4) is 5.75 Å². The van der Waals surface area contributed by atoms with E-state index in [1.165, 1.54) is 12.1 Å². The number of ether oxygens (including phenoxy) is 1. The Morgan fingerprint density at radius 1 is 1.20 bits per heavy atom. The first-order chi connectivity index (χ1) is 6.95. The molecule has 1 aromatic rings. The van der Waals surface area contributed by atoms with Crippen molar-refractivity contribution in [1.29, 1.82) is 0 Å².